The number of aromatic nitrogens is 6. The van der Waals surface area contributed by atoms with Crippen LogP contribution < -0.4 is 0 Å². The van der Waals surface area contributed by atoms with Gasteiger partial charge >= 0.3 is 0 Å². The molecule has 3 aromatic carbocycles. The molecule has 0 atom stereocenters. The molecule has 0 amide bonds. The van der Waals surface area contributed by atoms with Gasteiger partial charge < -0.3 is 0 Å². The van der Waals surface area contributed by atoms with Crippen molar-refractivity contribution in [1.82, 2.24) is 28.5 Å². The predicted octanol–water partition coefficient (Wildman–Crippen LogP) is 9.20. The third-order valence-corrected chi connectivity index (χ3v) is 7.76. The first-order chi connectivity index (χ1) is 21.7. The zero-order chi connectivity index (χ0) is 30.2. The minimum atomic E-state index is 0.519. The van der Waals surface area contributed by atoms with Gasteiger partial charge in [-0.1, -0.05) is 111 Å². The quantitative estimate of drug-likeness (QED) is 0.171. The second-order valence-corrected chi connectivity index (χ2v) is 10.3. The Morgan fingerprint density at radius 1 is 0.727 bits per heavy atom. The summed E-state index contributed by atoms with van der Waals surface area (Å²) >= 11 is 0. The Morgan fingerprint density at radius 2 is 1.45 bits per heavy atom. The molecule has 0 aliphatic heterocycles. The van der Waals surface area contributed by atoms with Gasteiger partial charge in [0.2, 0.25) is 5.95 Å². The van der Waals surface area contributed by atoms with Crippen LogP contribution in [0.3, 0.4) is 0 Å². The molecule has 6 nitrogen and oxygen atoms in total. The Kier molecular flexibility index (Phi) is 6.72. The first-order valence-electron chi connectivity index (χ1n) is 14.4. The maximum Gasteiger partial charge on any atom is 0.238 e. The van der Waals surface area contributed by atoms with E-state index in [0.717, 1.165) is 55.3 Å². The van der Waals surface area contributed by atoms with Crippen molar-refractivity contribution in [3.05, 3.63) is 153 Å². The van der Waals surface area contributed by atoms with Gasteiger partial charge in [0.1, 0.15) is 11.2 Å². The summed E-state index contributed by atoms with van der Waals surface area (Å²) in [5.41, 5.74) is 7.70. The lowest BCUT2D eigenvalue weighted by atomic mass is 10.2. The summed E-state index contributed by atoms with van der Waals surface area (Å²) in [7, 11) is 0. The molecule has 212 valence electrons. The van der Waals surface area contributed by atoms with Gasteiger partial charge in [-0.15, -0.1) is 0 Å². The lowest BCUT2D eigenvalue weighted by Crippen LogP contribution is -2.08. The van der Waals surface area contributed by atoms with Gasteiger partial charge in [-0.3, -0.25) is 13.5 Å². The van der Waals surface area contributed by atoms with E-state index in [1.165, 1.54) is 0 Å². The second kappa shape index (κ2) is 11.0. The Balaban J connectivity index is 1.67. The van der Waals surface area contributed by atoms with Crippen LogP contribution in [-0.2, 0) is 0 Å². The van der Waals surface area contributed by atoms with E-state index in [4.69, 9.17) is 15.0 Å². The summed E-state index contributed by atoms with van der Waals surface area (Å²) in [5, 5.41) is 2.19. The summed E-state index contributed by atoms with van der Waals surface area (Å²) in [6.07, 6.45) is 15.5. The highest BCUT2D eigenvalue weighted by Crippen LogP contribution is 2.39. The summed E-state index contributed by atoms with van der Waals surface area (Å²) in [6, 6.07) is 26.7. The van der Waals surface area contributed by atoms with E-state index in [2.05, 4.69) is 81.9 Å². The smallest absolute Gasteiger partial charge is 0.238 e. The Morgan fingerprint density at radius 3 is 2.18 bits per heavy atom. The summed E-state index contributed by atoms with van der Waals surface area (Å²) in [6.45, 7) is 14.1. The second-order valence-electron chi connectivity index (χ2n) is 10.3. The number of hydrogen-bond donors (Lipinski definition) is 0. The first-order valence-corrected chi connectivity index (χ1v) is 14.4. The number of imidazole rings is 1. The third-order valence-electron chi connectivity index (χ3n) is 7.76. The maximum atomic E-state index is 5.11. The fourth-order valence-corrected chi connectivity index (χ4v) is 5.86. The van der Waals surface area contributed by atoms with Gasteiger partial charge in [0.25, 0.3) is 0 Å². The van der Waals surface area contributed by atoms with Crippen LogP contribution in [0.5, 0.6) is 0 Å². The average molecular weight is 571 g/mol. The molecule has 0 bridgehead atoms. The average Bonchev–Trinajstić information content (AvgIpc) is 3.70. The monoisotopic (exact) mass is 570 g/mol. The zero-order valence-electron chi connectivity index (χ0n) is 24.4. The standard InChI is InChI=1S/C38H30N6/c1-5-9-18-26(7-3)35-39-36(27-19-11-10-12-20-27)41-38(40-35)44-31-22-14-13-21-29(31)30-25-42-32-23-15-16-24-33(32)43(37(42)34(30)44)28(8-4)17-6-2/h5-25H,2-4H2,1H3/b9-5-,26-18+,28-17+. The van der Waals surface area contributed by atoms with Gasteiger partial charge in [0.05, 0.1) is 16.6 Å². The number of nitrogens with zero attached hydrogens (tertiary/aromatic N) is 6. The van der Waals surface area contributed by atoms with Gasteiger partial charge in [0, 0.05) is 33.8 Å². The molecular formula is C38H30N6. The van der Waals surface area contributed by atoms with Gasteiger partial charge in [-0.2, -0.15) is 9.97 Å². The summed E-state index contributed by atoms with van der Waals surface area (Å²) < 4.78 is 6.62. The van der Waals surface area contributed by atoms with Crippen molar-refractivity contribution in [2.75, 3.05) is 0 Å². The summed E-state index contributed by atoms with van der Waals surface area (Å²) in [5.74, 6) is 1.65. The highest BCUT2D eigenvalue weighted by atomic mass is 15.2. The molecule has 0 unspecified atom stereocenters. The van der Waals surface area contributed by atoms with Crippen LogP contribution in [-0.4, -0.2) is 28.5 Å². The lowest BCUT2D eigenvalue weighted by Gasteiger charge is -2.12. The van der Waals surface area contributed by atoms with Crippen LogP contribution in [0, 0.1) is 0 Å². The largest absolute Gasteiger partial charge is 0.298 e. The van der Waals surface area contributed by atoms with Crippen molar-refractivity contribution in [2.45, 2.75) is 6.92 Å². The molecule has 0 radical (unpaired) electrons. The van der Waals surface area contributed by atoms with Crippen LogP contribution in [0.4, 0.5) is 0 Å². The van der Waals surface area contributed by atoms with E-state index in [1.54, 1.807) is 12.2 Å². The van der Waals surface area contributed by atoms with Crippen molar-refractivity contribution in [1.29, 1.82) is 0 Å². The number of fused-ring (bicyclic) bond motifs is 7. The summed E-state index contributed by atoms with van der Waals surface area (Å²) in [4.78, 5) is 15.1. The van der Waals surface area contributed by atoms with Crippen LogP contribution in [0.1, 0.15) is 12.7 Å². The van der Waals surface area contributed by atoms with E-state index >= 15 is 0 Å². The Bertz CT molecular complexity index is 2340. The highest BCUT2D eigenvalue weighted by Gasteiger charge is 2.24. The SMILES string of the molecule is C=C/C=C(\C=C)n1c2ccccc2n2cc3c4ccccc4n(-c4nc(/C(C=C)=C/C=C\C)nc(-c5ccccc5)n4)c3c12. The molecule has 7 rings (SSSR count). The number of para-hydroxylation sites is 3. The molecule has 0 aliphatic carbocycles. The topological polar surface area (TPSA) is 52.9 Å². The molecule has 0 N–H and O–H groups in total. The minimum Gasteiger partial charge on any atom is -0.298 e. The van der Waals surface area contributed by atoms with Crippen LogP contribution in [0.15, 0.2) is 147 Å². The number of rotatable bonds is 8. The molecule has 6 heteroatoms. The van der Waals surface area contributed by atoms with Crippen molar-refractivity contribution >= 4 is 49.8 Å². The predicted molar refractivity (Wildman–Crippen MR) is 184 cm³/mol. The Labute approximate surface area is 255 Å². The fraction of sp³-hybridized carbons (Fsp3) is 0.0263. The highest BCUT2D eigenvalue weighted by molar-refractivity contribution is 6.16. The molecule has 4 aromatic heterocycles. The third kappa shape index (κ3) is 4.15. The molecule has 0 spiro atoms. The van der Waals surface area contributed by atoms with Crippen molar-refractivity contribution in [3.63, 3.8) is 0 Å². The van der Waals surface area contributed by atoms with Crippen molar-refractivity contribution in [2.24, 2.45) is 0 Å². The van der Waals surface area contributed by atoms with E-state index in [9.17, 15) is 0 Å². The molecule has 4 heterocycles. The van der Waals surface area contributed by atoms with Gasteiger partial charge in [-0.25, -0.2) is 4.98 Å². The van der Waals surface area contributed by atoms with E-state index in [1.807, 2.05) is 73.7 Å². The number of benzene rings is 3. The van der Waals surface area contributed by atoms with E-state index < -0.39 is 0 Å². The Hall–Kier alpha value is -6.01. The molecular weight excluding hydrogens is 540 g/mol. The normalized spacial score (nSPS) is 12.7. The molecule has 0 aliphatic rings. The van der Waals surface area contributed by atoms with Crippen molar-refractivity contribution < 1.29 is 0 Å². The molecule has 7 aromatic rings. The number of allylic oxidation sites excluding steroid dienone is 9. The fourth-order valence-electron chi connectivity index (χ4n) is 5.86. The van der Waals surface area contributed by atoms with Crippen LogP contribution in [0.25, 0.3) is 67.1 Å². The molecule has 44 heavy (non-hydrogen) atoms. The van der Waals surface area contributed by atoms with Crippen LogP contribution in [0.2, 0.25) is 0 Å². The van der Waals surface area contributed by atoms with Crippen LogP contribution >= 0.6 is 0 Å². The minimum absolute atomic E-state index is 0.519. The number of hydrogen-bond acceptors (Lipinski definition) is 3. The van der Waals surface area contributed by atoms with E-state index in [-0.39, 0.29) is 0 Å². The van der Waals surface area contributed by atoms with E-state index in [0.29, 0.717) is 17.6 Å². The van der Waals surface area contributed by atoms with Crippen molar-refractivity contribution in [3.8, 4) is 17.3 Å². The first kappa shape index (κ1) is 26.9. The molecule has 0 saturated carbocycles. The molecule has 0 fully saturated rings. The zero-order valence-corrected chi connectivity index (χ0v) is 24.4. The van der Waals surface area contributed by atoms with Gasteiger partial charge in [-0.05, 0) is 37.3 Å². The maximum absolute atomic E-state index is 5.11. The van der Waals surface area contributed by atoms with Gasteiger partial charge in [0.15, 0.2) is 11.6 Å². The lowest BCUT2D eigenvalue weighted by molar-refractivity contribution is 0.932. The molecule has 0 saturated heterocycles.